The average molecular weight is 428 g/mol. The highest BCUT2D eigenvalue weighted by molar-refractivity contribution is 5.88. The number of pyridine rings is 1. The van der Waals surface area contributed by atoms with Gasteiger partial charge in [0.15, 0.2) is 0 Å². The Bertz CT molecular complexity index is 1190. The van der Waals surface area contributed by atoms with Crippen molar-refractivity contribution in [2.24, 2.45) is 0 Å². The van der Waals surface area contributed by atoms with E-state index in [4.69, 9.17) is 0 Å². The van der Waals surface area contributed by atoms with Crippen LogP contribution in [0.3, 0.4) is 0 Å². The van der Waals surface area contributed by atoms with Crippen LogP contribution in [0.4, 0.5) is 26.3 Å². The minimum atomic E-state index is -5.05. The number of aromatic nitrogens is 1. The van der Waals surface area contributed by atoms with E-state index < -0.39 is 64.1 Å². The first kappa shape index (κ1) is 21.4. The van der Waals surface area contributed by atoms with Gasteiger partial charge in [0.1, 0.15) is 17.5 Å². The van der Waals surface area contributed by atoms with Gasteiger partial charge < -0.3 is 10.3 Å². The largest absolute Gasteiger partial charge is 0.417 e. The van der Waals surface area contributed by atoms with Crippen LogP contribution < -0.4 is 10.9 Å². The summed E-state index contributed by atoms with van der Waals surface area (Å²) in [6.07, 6.45) is -5.05. The van der Waals surface area contributed by atoms with Crippen molar-refractivity contribution in [1.29, 1.82) is 0 Å². The van der Waals surface area contributed by atoms with E-state index in [9.17, 15) is 35.9 Å². The first-order valence-electron chi connectivity index (χ1n) is 8.63. The molecule has 0 saturated carbocycles. The van der Waals surface area contributed by atoms with E-state index in [0.29, 0.717) is 12.1 Å². The number of rotatable bonds is 4. The van der Waals surface area contributed by atoms with Crippen LogP contribution in [0.1, 0.15) is 29.5 Å². The Hall–Kier alpha value is -3.30. The van der Waals surface area contributed by atoms with Gasteiger partial charge in [-0.25, -0.2) is 13.2 Å². The molecule has 0 spiro atoms. The molecule has 0 saturated heterocycles. The fourth-order valence-corrected chi connectivity index (χ4v) is 3.13. The molecule has 0 aliphatic carbocycles. The molecule has 158 valence electrons. The van der Waals surface area contributed by atoms with Crippen molar-refractivity contribution < 1.29 is 31.1 Å². The molecule has 1 aromatic heterocycles. The minimum Gasteiger partial charge on any atom is -0.351 e. The van der Waals surface area contributed by atoms with E-state index in [2.05, 4.69) is 10.3 Å². The second-order valence-electron chi connectivity index (χ2n) is 6.61. The van der Waals surface area contributed by atoms with E-state index in [-0.39, 0.29) is 11.1 Å². The molecular formula is C20H14F6N2O2. The number of benzene rings is 2. The van der Waals surface area contributed by atoms with Crippen molar-refractivity contribution in [2.75, 3.05) is 0 Å². The summed E-state index contributed by atoms with van der Waals surface area (Å²) >= 11 is 0. The molecule has 1 heterocycles. The molecule has 3 aromatic rings. The van der Waals surface area contributed by atoms with Crippen molar-refractivity contribution in [2.45, 2.75) is 25.6 Å². The first-order valence-corrected chi connectivity index (χ1v) is 8.63. The predicted octanol–water partition coefficient (Wildman–Crippen LogP) is 4.38. The minimum absolute atomic E-state index is 0.0949. The van der Waals surface area contributed by atoms with Gasteiger partial charge in [0.05, 0.1) is 11.5 Å². The van der Waals surface area contributed by atoms with Crippen molar-refractivity contribution in [3.63, 3.8) is 0 Å². The number of halogens is 6. The maximum atomic E-state index is 13.8. The molecule has 0 bridgehead atoms. The Morgan fingerprint density at radius 3 is 2.33 bits per heavy atom. The lowest BCUT2D eigenvalue weighted by molar-refractivity contribution is -0.137. The SMILES string of the molecule is CC(C(=O)NCc1ccc(F)cc1F)c1c(C(F)(F)F)c2cc(F)ccc2[nH]c1=O. The predicted molar refractivity (Wildman–Crippen MR) is 96.1 cm³/mol. The third-order valence-corrected chi connectivity index (χ3v) is 4.59. The highest BCUT2D eigenvalue weighted by atomic mass is 19.4. The number of amides is 1. The molecule has 10 heteroatoms. The number of carbonyl (C=O) groups excluding carboxylic acids is 1. The highest BCUT2D eigenvalue weighted by Gasteiger charge is 2.39. The van der Waals surface area contributed by atoms with Crippen LogP contribution in [0.15, 0.2) is 41.2 Å². The van der Waals surface area contributed by atoms with Crippen LogP contribution in [-0.4, -0.2) is 10.9 Å². The molecule has 4 nitrogen and oxygen atoms in total. The molecule has 1 amide bonds. The summed E-state index contributed by atoms with van der Waals surface area (Å²) < 4.78 is 81.5. The molecule has 2 aromatic carbocycles. The lowest BCUT2D eigenvalue weighted by Crippen LogP contribution is -2.33. The Kier molecular flexibility index (Phi) is 5.60. The van der Waals surface area contributed by atoms with Gasteiger partial charge >= 0.3 is 6.18 Å². The zero-order chi connectivity index (χ0) is 22.2. The molecular weight excluding hydrogens is 414 g/mol. The normalized spacial score (nSPS) is 12.8. The van der Waals surface area contributed by atoms with Gasteiger partial charge in [-0.15, -0.1) is 0 Å². The van der Waals surface area contributed by atoms with E-state index in [1.807, 2.05) is 0 Å². The number of fused-ring (bicyclic) bond motifs is 1. The average Bonchev–Trinajstić information content (AvgIpc) is 2.65. The number of carbonyl (C=O) groups is 1. The van der Waals surface area contributed by atoms with Gasteiger partial charge in [0.2, 0.25) is 5.91 Å². The van der Waals surface area contributed by atoms with E-state index >= 15 is 0 Å². The van der Waals surface area contributed by atoms with Crippen molar-refractivity contribution in [1.82, 2.24) is 10.3 Å². The maximum Gasteiger partial charge on any atom is 0.417 e. The van der Waals surface area contributed by atoms with Crippen LogP contribution in [0.2, 0.25) is 0 Å². The van der Waals surface area contributed by atoms with Gasteiger partial charge in [-0.1, -0.05) is 6.07 Å². The number of hydrogen-bond acceptors (Lipinski definition) is 2. The second-order valence-corrected chi connectivity index (χ2v) is 6.61. The Balaban J connectivity index is 2.01. The van der Waals surface area contributed by atoms with E-state index in [0.717, 1.165) is 31.2 Å². The van der Waals surface area contributed by atoms with Crippen LogP contribution in [-0.2, 0) is 17.5 Å². The van der Waals surface area contributed by atoms with Crippen LogP contribution in [0, 0.1) is 17.5 Å². The summed E-state index contributed by atoms with van der Waals surface area (Å²) in [5, 5.41) is 1.63. The van der Waals surface area contributed by atoms with Crippen molar-refractivity contribution in [3.05, 3.63) is 80.9 Å². The second kappa shape index (κ2) is 7.85. The Morgan fingerprint density at radius 1 is 1.07 bits per heavy atom. The number of aromatic amines is 1. The fourth-order valence-electron chi connectivity index (χ4n) is 3.13. The van der Waals surface area contributed by atoms with Crippen LogP contribution in [0.25, 0.3) is 10.9 Å². The smallest absolute Gasteiger partial charge is 0.351 e. The Labute approximate surface area is 165 Å². The van der Waals surface area contributed by atoms with Crippen molar-refractivity contribution >= 4 is 16.8 Å². The van der Waals surface area contributed by atoms with Gasteiger partial charge in [-0.3, -0.25) is 9.59 Å². The van der Waals surface area contributed by atoms with E-state index in [1.54, 1.807) is 0 Å². The molecule has 1 atom stereocenters. The van der Waals surface area contributed by atoms with E-state index in [1.165, 1.54) is 0 Å². The third-order valence-electron chi connectivity index (χ3n) is 4.59. The lowest BCUT2D eigenvalue weighted by atomic mass is 9.93. The highest BCUT2D eigenvalue weighted by Crippen LogP contribution is 2.38. The number of nitrogens with one attached hydrogen (secondary N) is 2. The number of hydrogen-bond donors (Lipinski definition) is 2. The first-order chi connectivity index (χ1) is 14.0. The topological polar surface area (TPSA) is 62.0 Å². The standard InChI is InChI=1S/C20H14F6N2O2/c1-9(18(29)27-8-10-2-3-12(22)7-14(10)23)16-17(20(24,25)26)13-6-11(21)4-5-15(13)28-19(16)30/h2-7,9H,8H2,1H3,(H,27,29)(H,28,30). The quantitative estimate of drug-likeness (QED) is 0.606. The molecule has 1 unspecified atom stereocenters. The zero-order valence-corrected chi connectivity index (χ0v) is 15.3. The Morgan fingerprint density at radius 2 is 1.70 bits per heavy atom. The van der Waals surface area contributed by atoms with Gasteiger partial charge in [0, 0.05) is 34.6 Å². The molecule has 2 N–H and O–H groups in total. The number of H-pyrrole nitrogens is 1. The summed E-state index contributed by atoms with van der Waals surface area (Å²) in [5.74, 6) is -5.32. The van der Waals surface area contributed by atoms with Crippen molar-refractivity contribution in [3.8, 4) is 0 Å². The maximum absolute atomic E-state index is 13.8. The molecule has 30 heavy (non-hydrogen) atoms. The summed E-state index contributed by atoms with van der Waals surface area (Å²) in [5.41, 5.74) is -3.80. The molecule has 3 rings (SSSR count). The zero-order valence-electron chi connectivity index (χ0n) is 15.3. The molecule has 0 aliphatic rings. The van der Waals surface area contributed by atoms with Crippen LogP contribution in [0.5, 0.6) is 0 Å². The molecule has 0 aliphatic heterocycles. The van der Waals surface area contributed by atoms with Gasteiger partial charge in [0.25, 0.3) is 5.56 Å². The monoisotopic (exact) mass is 428 g/mol. The third kappa shape index (κ3) is 4.17. The lowest BCUT2D eigenvalue weighted by Gasteiger charge is -2.19. The molecule has 0 fully saturated rings. The van der Waals surface area contributed by atoms with Crippen LogP contribution >= 0.6 is 0 Å². The van der Waals surface area contributed by atoms with Gasteiger partial charge in [-0.2, -0.15) is 13.2 Å². The summed E-state index contributed by atoms with van der Waals surface area (Å²) in [7, 11) is 0. The number of alkyl halides is 3. The summed E-state index contributed by atoms with van der Waals surface area (Å²) in [6, 6.07) is 5.13. The summed E-state index contributed by atoms with van der Waals surface area (Å²) in [6.45, 7) is 0.637. The summed E-state index contributed by atoms with van der Waals surface area (Å²) in [4.78, 5) is 27.0. The molecule has 0 radical (unpaired) electrons. The van der Waals surface area contributed by atoms with Gasteiger partial charge in [-0.05, 0) is 31.2 Å². The fraction of sp³-hybridized carbons (Fsp3) is 0.200.